The fourth-order valence-corrected chi connectivity index (χ4v) is 3.89. The molecule has 0 unspecified atom stereocenters. The number of hydrogen-bond acceptors (Lipinski definition) is 6. The molecule has 0 atom stereocenters. The van der Waals surface area contributed by atoms with Gasteiger partial charge in [-0.15, -0.1) is 10.2 Å². The standard InChI is InChI=1S/C25H22FN5O2S/c1-17-6-10-21(11-7-17)31-24(19-8-12-22(33-2)13-9-19)29-30-25(31)34-16-23(32)28-27-15-18-4-3-5-20(26)14-18/h3-15H,16H2,1-2H3,(H,28,32)/b27-15-. The Hall–Kier alpha value is -3.98. The molecule has 1 N–H and O–H groups in total. The number of nitrogens with zero attached hydrogens (tertiary/aromatic N) is 4. The van der Waals surface area contributed by atoms with E-state index in [0.29, 0.717) is 16.5 Å². The van der Waals surface area contributed by atoms with Crippen molar-refractivity contribution in [3.05, 3.63) is 89.7 Å². The van der Waals surface area contributed by atoms with Crippen molar-refractivity contribution in [2.45, 2.75) is 12.1 Å². The quantitative estimate of drug-likeness (QED) is 0.228. The molecule has 0 saturated heterocycles. The first-order valence-corrected chi connectivity index (χ1v) is 11.4. The first kappa shape index (κ1) is 23.2. The van der Waals surface area contributed by atoms with Crippen LogP contribution >= 0.6 is 11.8 Å². The van der Waals surface area contributed by atoms with Gasteiger partial charge in [0.05, 0.1) is 19.1 Å². The van der Waals surface area contributed by atoms with E-state index in [2.05, 4.69) is 20.7 Å². The van der Waals surface area contributed by atoms with Gasteiger partial charge in [-0.2, -0.15) is 5.10 Å². The third-order valence-corrected chi connectivity index (χ3v) is 5.79. The van der Waals surface area contributed by atoms with Gasteiger partial charge in [-0.1, -0.05) is 41.6 Å². The number of amides is 1. The van der Waals surface area contributed by atoms with E-state index < -0.39 is 0 Å². The lowest BCUT2D eigenvalue weighted by Gasteiger charge is -2.11. The molecule has 7 nitrogen and oxygen atoms in total. The molecule has 1 heterocycles. The first-order valence-electron chi connectivity index (χ1n) is 10.4. The summed E-state index contributed by atoms with van der Waals surface area (Å²) in [5, 5.41) is 13.2. The Bertz CT molecular complexity index is 1300. The van der Waals surface area contributed by atoms with Gasteiger partial charge in [0, 0.05) is 11.3 Å². The Morgan fingerprint density at radius 1 is 1.12 bits per heavy atom. The molecular formula is C25H22FN5O2S. The second kappa shape index (κ2) is 10.8. The van der Waals surface area contributed by atoms with Gasteiger partial charge in [0.25, 0.3) is 5.91 Å². The van der Waals surface area contributed by atoms with Crippen LogP contribution in [0.3, 0.4) is 0 Å². The maximum atomic E-state index is 13.3. The maximum Gasteiger partial charge on any atom is 0.250 e. The van der Waals surface area contributed by atoms with Crippen molar-refractivity contribution in [3.8, 4) is 22.8 Å². The van der Waals surface area contributed by atoms with E-state index in [9.17, 15) is 9.18 Å². The van der Waals surface area contributed by atoms with Crippen molar-refractivity contribution in [2.75, 3.05) is 12.9 Å². The van der Waals surface area contributed by atoms with Gasteiger partial charge >= 0.3 is 0 Å². The number of hydrogen-bond donors (Lipinski definition) is 1. The van der Waals surface area contributed by atoms with Crippen LogP contribution in [0.2, 0.25) is 0 Å². The van der Waals surface area contributed by atoms with E-state index in [4.69, 9.17) is 4.74 Å². The Morgan fingerprint density at radius 3 is 2.59 bits per heavy atom. The van der Waals surface area contributed by atoms with E-state index in [1.807, 2.05) is 60.0 Å². The molecule has 0 radical (unpaired) electrons. The maximum absolute atomic E-state index is 13.3. The van der Waals surface area contributed by atoms with Gasteiger partial charge < -0.3 is 4.74 Å². The van der Waals surface area contributed by atoms with E-state index in [-0.39, 0.29) is 17.5 Å². The van der Waals surface area contributed by atoms with Crippen LogP contribution in [0.4, 0.5) is 4.39 Å². The van der Waals surface area contributed by atoms with Crippen LogP contribution in [0.5, 0.6) is 5.75 Å². The van der Waals surface area contributed by atoms with E-state index in [1.165, 1.54) is 30.1 Å². The summed E-state index contributed by atoms with van der Waals surface area (Å²) in [5.41, 5.74) is 5.89. The Balaban J connectivity index is 1.52. The number of carbonyl (C=O) groups excluding carboxylic acids is 1. The Kier molecular flexibility index (Phi) is 7.34. The number of aromatic nitrogens is 3. The molecule has 4 aromatic rings. The molecule has 0 saturated carbocycles. The molecule has 9 heteroatoms. The summed E-state index contributed by atoms with van der Waals surface area (Å²) < 4.78 is 20.4. The average Bonchev–Trinajstić information content (AvgIpc) is 3.27. The molecule has 172 valence electrons. The summed E-state index contributed by atoms with van der Waals surface area (Å²) in [6, 6.07) is 21.5. The molecule has 0 bridgehead atoms. The van der Waals surface area contributed by atoms with Gasteiger partial charge in [0.15, 0.2) is 11.0 Å². The topological polar surface area (TPSA) is 81.4 Å². The van der Waals surface area contributed by atoms with Gasteiger partial charge in [0.1, 0.15) is 11.6 Å². The number of halogens is 1. The summed E-state index contributed by atoms with van der Waals surface area (Å²) in [7, 11) is 1.62. The molecule has 0 aliphatic rings. The lowest BCUT2D eigenvalue weighted by atomic mass is 10.2. The number of benzene rings is 3. The number of hydrazone groups is 1. The van der Waals surface area contributed by atoms with Crippen LogP contribution < -0.4 is 10.2 Å². The molecule has 0 aliphatic heterocycles. The zero-order valence-electron chi connectivity index (χ0n) is 18.6. The average molecular weight is 476 g/mol. The number of thioether (sulfide) groups is 1. The molecule has 3 aromatic carbocycles. The van der Waals surface area contributed by atoms with Crippen LogP contribution in [0.25, 0.3) is 17.1 Å². The number of nitrogens with one attached hydrogen (secondary N) is 1. The highest BCUT2D eigenvalue weighted by atomic mass is 32.2. The van der Waals surface area contributed by atoms with Gasteiger partial charge in [-0.05, 0) is 61.0 Å². The third kappa shape index (κ3) is 5.68. The van der Waals surface area contributed by atoms with Crippen molar-refractivity contribution in [3.63, 3.8) is 0 Å². The molecule has 1 amide bonds. The molecule has 0 spiro atoms. The van der Waals surface area contributed by atoms with E-state index in [0.717, 1.165) is 22.6 Å². The second-order valence-electron chi connectivity index (χ2n) is 7.34. The monoisotopic (exact) mass is 475 g/mol. The number of carbonyl (C=O) groups is 1. The predicted octanol–water partition coefficient (Wildman–Crippen LogP) is 4.63. The minimum atomic E-state index is -0.367. The van der Waals surface area contributed by atoms with Crippen LogP contribution in [-0.2, 0) is 4.79 Å². The summed E-state index contributed by atoms with van der Waals surface area (Å²) >= 11 is 1.24. The predicted molar refractivity (Wildman–Crippen MR) is 131 cm³/mol. The normalized spacial score (nSPS) is 11.0. The summed E-state index contributed by atoms with van der Waals surface area (Å²) in [5.74, 6) is 0.789. The van der Waals surface area contributed by atoms with E-state index >= 15 is 0 Å². The molecule has 34 heavy (non-hydrogen) atoms. The largest absolute Gasteiger partial charge is 0.497 e. The van der Waals surface area contributed by atoms with E-state index in [1.54, 1.807) is 19.2 Å². The van der Waals surface area contributed by atoms with Crippen LogP contribution in [-0.4, -0.2) is 39.7 Å². The highest BCUT2D eigenvalue weighted by molar-refractivity contribution is 7.99. The fraction of sp³-hybridized carbons (Fsp3) is 0.120. The number of methoxy groups -OCH3 is 1. The molecule has 0 aliphatic carbocycles. The fourth-order valence-electron chi connectivity index (χ4n) is 3.15. The summed E-state index contributed by atoms with van der Waals surface area (Å²) in [6.45, 7) is 2.02. The zero-order chi connectivity index (χ0) is 23.9. The smallest absolute Gasteiger partial charge is 0.250 e. The lowest BCUT2D eigenvalue weighted by molar-refractivity contribution is -0.118. The highest BCUT2D eigenvalue weighted by Crippen LogP contribution is 2.29. The van der Waals surface area contributed by atoms with Crippen LogP contribution in [0, 0.1) is 12.7 Å². The van der Waals surface area contributed by atoms with Gasteiger partial charge in [0.2, 0.25) is 0 Å². The summed E-state index contributed by atoms with van der Waals surface area (Å²) in [6.07, 6.45) is 1.39. The SMILES string of the molecule is COc1ccc(-c2nnc(SCC(=O)N/N=C\c3cccc(F)c3)n2-c2ccc(C)cc2)cc1. The highest BCUT2D eigenvalue weighted by Gasteiger charge is 2.17. The second-order valence-corrected chi connectivity index (χ2v) is 8.28. The molecule has 4 rings (SSSR count). The van der Waals surface area contributed by atoms with Crippen molar-refractivity contribution in [1.29, 1.82) is 0 Å². The molecule has 0 fully saturated rings. The number of aryl methyl sites for hydroxylation is 1. The number of ether oxygens (including phenoxy) is 1. The zero-order valence-corrected chi connectivity index (χ0v) is 19.4. The van der Waals surface area contributed by atoms with Crippen molar-refractivity contribution >= 4 is 23.9 Å². The molecule has 1 aromatic heterocycles. The van der Waals surface area contributed by atoms with Gasteiger partial charge in [-0.3, -0.25) is 9.36 Å². The lowest BCUT2D eigenvalue weighted by Crippen LogP contribution is -2.20. The van der Waals surface area contributed by atoms with Crippen molar-refractivity contribution < 1.29 is 13.9 Å². The molecular weight excluding hydrogens is 453 g/mol. The Morgan fingerprint density at radius 2 is 1.88 bits per heavy atom. The minimum absolute atomic E-state index is 0.0765. The van der Waals surface area contributed by atoms with Crippen molar-refractivity contribution in [1.82, 2.24) is 20.2 Å². The third-order valence-electron chi connectivity index (χ3n) is 4.86. The van der Waals surface area contributed by atoms with Crippen LogP contribution in [0.1, 0.15) is 11.1 Å². The van der Waals surface area contributed by atoms with Crippen LogP contribution in [0.15, 0.2) is 83.1 Å². The number of rotatable bonds is 8. The first-order chi connectivity index (χ1) is 16.5. The Labute approximate surface area is 200 Å². The summed E-state index contributed by atoms with van der Waals surface area (Å²) in [4.78, 5) is 12.3. The minimum Gasteiger partial charge on any atom is -0.497 e. The van der Waals surface area contributed by atoms with Gasteiger partial charge in [-0.25, -0.2) is 9.82 Å². The van der Waals surface area contributed by atoms with Crippen molar-refractivity contribution in [2.24, 2.45) is 5.10 Å².